The molecule has 1 aliphatic heterocycles. The topological polar surface area (TPSA) is 42.4 Å². The molecule has 132 valence electrons. The zero-order chi connectivity index (χ0) is 17.8. The second-order valence-electron chi connectivity index (χ2n) is 6.66. The van der Waals surface area contributed by atoms with Gasteiger partial charge in [0.05, 0.1) is 10.7 Å². The van der Waals surface area contributed by atoms with E-state index in [0.29, 0.717) is 22.4 Å². The van der Waals surface area contributed by atoms with Gasteiger partial charge in [-0.25, -0.2) is 4.98 Å². The summed E-state index contributed by atoms with van der Waals surface area (Å²) in [4.78, 5) is 19.0. The molecule has 2 heterocycles. The van der Waals surface area contributed by atoms with E-state index in [1.54, 1.807) is 12.1 Å². The molecule has 0 bridgehead atoms. The number of hydrogen-bond donors (Lipinski definition) is 0. The Morgan fingerprint density at radius 2 is 1.96 bits per heavy atom. The SMILES string of the molecule is Cc1cccc(Cl)c1OCc1cccc(C(=O)N2CCC(C)CC2)n1. The highest BCUT2D eigenvalue weighted by atomic mass is 35.5. The number of halogens is 1. The third kappa shape index (κ3) is 4.31. The molecule has 1 fully saturated rings. The Labute approximate surface area is 153 Å². The van der Waals surface area contributed by atoms with Crippen LogP contribution in [-0.4, -0.2) is 28.9 Å². The zero-order valence-electron chi connectivity index (χ0n) is 14.7. The van der Waals surface area contributed by atoms with Gasteiger partial charge in [0.15, 0.2) is 0 Å². The fraction of sp³-hybridized carbons (Fsp3) is 0.400. The van der Waals surface area contributed by atoms with Gasteiger partial charge in [0, 0.05) is 13.1 Å². The number of aryl methyl sites for hydroxylation is 1. The number of hydrogen-bond acceptors (Lipinski definition) is 3. The number of rotatable bonds is 4. The lowest BCUT2D eigenvalue weighted by Gasteiger charge is -2.30. The van der Waals surface area contributed by atoms with Crippen LogP contribution in [0.1, 0.15) is 41.5 Å². The van der Waals surface area contributed by atoms with Crippen LogP contribution in [0.3, 0.4) is 0 Å². The summed E-state index contributed by atoms with van der Waals surface area (Å²) < 4.78 is 5.83. The zero-order valence-corrected chi connectivity index (χ0v) is 15.4. The molecule has 1 aromatic carbocycles. The first kappa shape index (κ1) is 17.7. The number of piperidine rings is 1. The van der Waals surface area contributed by atoms with Crippen molar-refractivity contribution in [3.05, 3.63) is 58.4 Å². The molecular weight excluding hydrogens is 336 g/mol. The van der Waals surface area contributed by atoms with E-state index in [1.165, 1.54) is 0 Å². The first-order valence-electron chi connectivity index (χ1n) is 8.67. The third-order valence-electron chi connectivity index (χ3n) is 4.62. The minimum atomic E-state index is 0.00248. The van der Waals surface area contributed by atoms with Crippen molar-refractivity contribution in [2.75, 3.05) is 13.1 Å². The van der Waals surface area contributed by atoms with Gasteiger partial charge >= 0.3 is 0 Å². The number of ether oxygens (including phenoxy) is 1. The van der Waals surface area contributed by atoms with Gasteiger partial charge in [-0.3, -0.25) is 4.79 Å². The fourth-order valence-electron chi connectivity index (χ4n) is 3.00. The predicted molar refractivity (Wildman–Crippen MR) is 99.1 cm³/mol. The minimum absolute atomic E-state index is 0.00248. The van der Waals surface area contributed by atoms with E-state index in [-0.39, 0.29) is 12.5 Å². The Kier molecular flexibility index (Phi) is 5.59. The fourth-order valence-corrected chi connectivity index (χ4v) is 3.27. The van der Waals surface area contributed by atoms with E-state index in [2.05, 4.69) is 11.9 Å². The predicted octanol–water partition coefficient (Wildman–Crippen LogP) is 4.49. The molecule has 0 radical (unpaired) electrons. The molecule has 0 N–H and O–H groups in total. The number of amides is 1. The van der Waals surface area contributed by atoms with Gasteiger partial charge in [-0.05, 0) is 49.4 Å². The quantitative estimate of drug-likeness (QED) is 0.808. The highest BCUT2D eigenvalue weighted by molar-refractivity contribution is 6.32. The van der Waals surface area contributed by atoms with Crippen LogP contribution >= 0.6 is 11.6 Å². The maximum absolute atomic E-state index is 12.6. The van der Waals surface area contributed by atoms with E-state index in [0.717, 1.165) is 37.2 Å². The monoisotopic (exact) mass is 358 g/mol. The molecule has 0 saturated carbocycles. The van der Waals surface area contributed by atoms with E-state index in [9.17, 15) is 4.79 Å². The molecule has 0 spiro atoms. The van der Waals surface area contributed by atoms with E-state index >= 15 is 0 Å². The Morgan fingerprint density at radius 3 is 2.68 bits per heavy atom. The summed E-state index contributed by atoms with van der Waals surface area (Å²) in [5, 5.41) is 0.578. The molecule has 1 aliphatic rings. The summed E-state index contributed by atoms with van der Waals surface area (Å²) in [6.45, 7) is 6.08. The molecule has 4 nitrogen and oxygen atoms in total. The van der Waals surface area contributed by atoms with Crippen LogP contribution in [0.15, 0.2) is 36.4 Å². The molecule has 5 heteroatoms. The summed E-state index contributed by atoms with van der Waals surface area (Å²) in [5.41, 5.74) is 2.17. The van der Waals surface area contributed by atoms with E-state index in [4.69, 9.17) is 16.3 Å². The summed E-state index contributed by atoms with van der Waals surface area (Å²) in [5.74, 6) is 1.35. The molecule has 1 aromatic heterocycles. The lowest BCUT2D eigenvalue weighted by Crippen LogP contribution is -2.38. The summed E-state index contributed by atoms with van der Waals surface area (Å²) in [7, 11) is 0. The Balaban J connectivity index is 1.68. The van der Waals surface area contributed by atoms with Crippen LogP contribution in [0.25, 0.3) is 0 Å². The normalized spacial score (nSPS) is 15.2. The Bertz CT molecular complexity index is 735. The lowest BCUT2D eigenvalue weighted by molar-refractivity contribution is 0.0690. The van der Waals surface area contributed by atoms with Gasteiger partial charge in [-0.15, -0.1) is 0 Å². The number of benzene rings is 1. The second kappa shape index (κ2) is 7.87. The van der Waals surface area contributed by atoms with Crippen LogP contribution in [0.5, 0.6) is 5.75 Å². The molecule has 1 saturated heterocycles. The van der Waals surface area contributed by atoms with Crippen molar-refractivity contribution in [1.29, 1.82) is 0 Å². The number of carbonyl (C=O) groups is 1. The lowest BCUT2D eigenvalue weighted by atomic mass is 9.99. The Morgan fingerprint density at radius 1 is 1.24 bits per heavy atom. The first-order valence-corrected chi connectivity index (χ1v) is 9.05. The standard InChI is InChI=1S/C20H23ClN2O2/c1-14-9-11-23(12-10-14)20(24)18-8-4-6-16(22-18)13-25-19-15(2)5-3-7-17(19)21/h3-8,14H,9-13H2,1-2H3. The highest BCUT2D eigenvalue weighted by Gasteiger charge is 2.22. The van der Waals surface area contributed by atoms with Crippen molar-refractivity contribution < 1.29 is 9.53 Å². The number of pyridine rings is 1. The van der Waals surface area contributed by atoms with Gasteiger partial charge in [-0.1, -0.05) is 36.7 Å². The molecule has 25 heavy (non-hydrogen) atoms. The van der Waals surface area contributed by atoms with Crippen molar-refractivity contribution >= 4 is 17.5 Å². The van der Waals surface area contributed by atoms with Crippen molar-refractivity contribution in [2.45, 2.75) is 33.3 Å². The number of aromatic nitrogens is 1. The smallest absolute Gasteiger partial charge is 0.272 e. The van der Waals surface area contributed by atoms with Crippen LogP contribution in [0, 0.1) is 12.8 Å². The summed E-state index contributed by atoms with van der Waals surface area (Å²) in [6.07, 6.45) is 2.11. The molecule has 3 rings (SSSR count). The molecule has 1 amide bonds. The average molecular weight is 359 g/mol. The first-order chi connectivity index (χ1) is 12.0. The number of para-hydroxylation sites is 1. The van der Waals surface area contributed by atoms with Gasteiger partial charge in [0.25, 0.3) is 5.91 Å². The van der Waals surface area contributed by atoms with Gasteiger partial charge in [0.1, 0.15) is 18.1 Å². The molecular formula is C20H23ClN2O2. The maximum atomic E-state index is 12.6. The highest BCUT2D eigenvalue weighted by Crippen LogP contribution is 2.28. The minimum Gasteiger partial charge on any atom is -0.485 e. The van der Waals surface area contributed by atoms with Crippen molar-refractivity contribution in [2.24, 2.45) is 5.92 Å². The Hall–Kier alpha value is -2.07. The maximum Gasteiger partial charge on any atom is 0.272 e. The number of likely N-dealkylation sites (tertiary alicyclic amines) is 1. The van der Waals surface area contributed by atoms with Crippen LogP contribution in [0.2, 0.25) is 5.02 Å². The van der Waals surface area contributed by atoms with Crippen molar-refractivity contribution in [1.82, 2.24) is 9.88 Å². The number of nitrogens with zero attached hydrogens (tertiary/aromatic N) is 2. The summed E-state index contributed by atoms with van der Waals surface area (Å²) in [6, 6.07) is 11.1. The largest absolute Gasteiger partial charge is 0.485 e. The van der Waals surface area contributed by atoms with E-state index < -0.39 is 0 Å². The second-order valence-corrected chi connectivity index (χ2v) is 7.07. The van der Waals surface area contributed by atoms with Crippen LogP contribution in [-0.2, 0) is 6.61 Å². The van der Waals surface area contributed by atoms with Crippen LogP contribution < -0.4 is 4.74 Å². The van der Waals surface area contributed by atoms with Gasteiger partial charge in [-0.2, -0.15) is 0 Å². The number of carbonyl (C=O) groups excluding carboxylic acids is 1. The van der Waals surface area contributed by atoms with Crippen molar-refractivity contribution in [3.8, 4) is 5.75 Å². The van der Waals surface area contributed by atoms with Crippen LogP contribution in [0.4, 0.5) is 0 Å². The molecule has 0 atom stereocenters. The third-order valence-corrected chi connectivity index (χ3v) is 4.92. The van der Waals surface area contributed by atoms with Crippen molar-refractivity contribution in [3.63, 3.8) is 0 Å². The molecule has 0 unspecified atom stereocenters. The molecule has 2 aromatic rings. The van der Waals surface area contributed by atoms with Gasteiger partial charge < -0.3 is 9.64 Å². The average Bonchev–Trinajstić information content (AvgIpc) is 2.62. The van der Waals surface area contributed by atoms with E-state index in [1.807, 2.05) is 36.1 Å². The molecule has 0 aliphatic carbocycles. The summed E-state index contributed by atoms with van der Waals surface area (Å²) >= 11 is 6.18. The van der Waals surface area contributed by atoms with Gasteiger partial charge in [0.2, 0.25) is 0 Å².